The first-order chi connectivity index (χ1) is 15.3. The molecule has 8 heteroatoms. The van der Waals surface area contributed by atoms with Crippen molar-refractivity contribution in [1.29, 1.82) is 0 Å². The van der Waals surface area contributed by atoms with Crippen molar-refractivity contribution in [3.05, 3.63) is 105 Å². The minimum Gasteiger partial charge on any atom is -0.350 e. The summed E-state index contributed by atoms with van der Waals surface area (Å²) in [5.74, 6) is -2.15. The summed E-state index contributed by atoms with van der Waals surface area (Å²) in [6.07, 6.45) is 0. The van der Waals surface area contributed by atoms with Crippen molar-refractivity contribution in [2.75, 3.05) is 10.2 Å². The summed E-state index contributed by atoms with van der Waals surface area (Å²) in [6.45, 7) is 3.79. The van der Waals surface area contributed by atoms with Crippen LogP contribution in [0.5, 0.6) is 0 Å². The number of nitrogens with one attached hydrogen (secondary N) is 1. The number of amides is 2. The summed E-state index contributed by atoms with van der Waals surface area (Å²) in [7, 11) is 0. The SMILES string of the molecule is Cc1cccc(NC2=C(c3ccc([N+](=O)[O-])cc3)C(=O)N(c3ccccc3F)C2=O)c1C. The van der Waals surface area contributed by atoms with Crippen LogP contribution in [0, 0.1) is 29.8 Å². The van der Waals surface area contributed by atoms with E-state index in [1.54, 1.807) is 6.07 Å². The molecule has 3 aromatic carbocycles. The van der Waals surface area contributed by atoms with Crippen LogP contribution in [-0.2, 0) is 9.59 Å². The number of halogens is 1. The number of hydrogen-bond acceptors (Lipinski definition) is 5. The number of imide groups is 1. The van der Waals surface area contributed by atoms with Crippen molar-refractivity contribution in [3.63, 3.8) is 0 Å². The zero-order chi connectivity index (χ0) is 23.0. The van der Waals surface area contributed by atoms with Gasteiger partial charge in [-0.2, -0.15) is 0 Å². The first kappa shape index (κ1) is 20.9. The van der Waals surface area contributed by atoms with Gasteiger partial charge in [0, 0.05) is 17.8 Å². The largest absolute Gasteiger partial charge is 0.350 e. The fourth-order valence-corrected chi connectivity index (χ4v) is 3.54. The first-order valence-corrected chi connectivity index (χ1v) is 9.75. The average Bonchev–Trinajstić information content (AvgIpc) is 3.01. The lowest BCUT2D eigenvalue weighted by molar-refractivity contribution is -0.384. The van der Waals surface area contributed by atoms with Crippen LogP contribution in [0.4, 0.5) is 21.5 Å². The van der Waals surface area contributed by atoms with Gasteiger partial charge in [-0.3, -0.25) is 19.7 Å². The quantitative estimate of drug-likeness (QED) is 0.358. The Morgan fingerprint density at radius 3 is 2.25 bits per heavy atom. The second kappa shape index (κ2) is 8.07. The van der Waals surface area contributed by atoms with Crippen molar-refractivity contribution in [1.82, 2.24) is 0 Å². The summed E-state index contributed by atoms with van der Waals surface area (Å²) in [6, 6.07) is 16.3. The summed E-state index contributed by atoms with van der Waals surface area (Å²) in [4.78, 5) is 37.9. The van der Waals surface area contributed by atoms with Gasteiger partial charge >= 0.3 is 0 Å². The maximum absolute atomic E-state index is 14.5. The summed E-state index contributed by atoms with van der Waals surface area (Å²) in [5, 5.41) is 14.1. The molecule has 0 atom stereocenters. The standard InChI is InChI=1S/C24H18FN3O4/c1-14-6-5-8-19(15(14)2)26-22-21(16-10-12-17(13-11-16)28(31)32)23(29)27(24(22)30)20-9-4-3-7-18(20)25/h3-13,26H,1-2H3. The highest BCUT2D eigenvalue weighted by Crippen LogP contribution is 2.36. The number of benzene rings is 3. The highest BCUT2D eigenvalue weighted by molar-refractivity contribution is 6.46. The van der Waals surface area contributed by atoms with Crippen LogP contribution in [0.1, 0.15) is 16.7 Å². The molecular weight excluding hydrogens is 413 g/mol. The number of para-hydroxylation sites is 1. The predicted molar refractivity (Wildman–Crippen MR) is 118 cm³/mol. The smallest absolute Gasteiger partial charge is 0.282 e. The third-order valence-corrected chi connectivity index (χ3v) is 5.41. The van der Waals surface area contributed by atoms with Crippen LogP contribution < -0.4 is 10.2 Å². The zero-order valence-electron chi connectivity index (χ0n) is 17.3. The second-order valence-corrected chi connectivity index (χ2v) is 7.32. The number of nitrogens with zero attached hydrogens (tertiary/aromatic N) is 2. The lowest BCUT2D eigenvalue weighted by Crippen LogP contribution is -2.33. The normalized spacial score (nSPS) is 13.7. The van der Waals surface area contributed by atoms with Crippen molar-refractivity contribution >= 4 is 34.4 Å². The number of nitro groups is 1. The molecule has 1 N–H and O–H groups in total. The molecule has 1 aliphatic heterocycles. The maximum atomic E-state index is 14.5. The van der Waals surface area contributed by atoms with Gasteiger partial charge in [0.1, 0.15) is 11.5 Å². The maximum Gasteiger partial charge on any atom is 0.282 e. The van der Waals surface area contributed by atoms with Gasteiger partial charge in [0.05, 0.1) is 16.2 Å². The molecule has 160 valence electrons. The minimum absolute atomic E-state index is 0.00839. The van der Waals surface area contributed by atoms with Gasteiger partial charge in [-0.05, 0) is 60.9 Å². The van der Waals surface area contributed by atoms with Gasteiger partial charge in [-0.15, -0.1) is 0 Å². The molecule has 0 radical (unpaired) electrons. The van der Waals surface area contributed by atoms with Crippen molar-refractivity contribution in [2.45, 2.75) is 13.8 Å². The highest BCUT2D eigenvalue weighted by Gasteiger charge is 2.41. The Morgan fingerprint density at radius 2 is 1.59 bits per heavy atom. The first-order valence-electron chi connectivity index (χ1n) is 9.75. The summed E-state index contributed by atoms with van der Waals surface area (Å²) >= 11 is 0. The van der Waals surface area contributed by atoms with Crippen LogP contribution >= 0.6 is 0 Å². The van der Waals surface area contributed by atoms with E-state index < -0.39 is 22.6 Å². The van der Waals surface area contributed by atoms with Gasteiger partial charge in [0.2, 0.25) is 0 Å². The molecule has 0 aromatic heterocycles. The van der Waals surface area contributed by atoms with E-state index in [9.17, 15) is 24.1 Å². The average molecular weight is 431 g/mol. The van der Waals surface area contributed by atoms with Crippen molar-refractivity contribution in [3.8, 4) is 0 Å². The predicted octanol–water partition coefficient (Wildman–Crippen LogP) is 4.75. The molecule has 0 saturated heterocycles. The molecule has 0 spiro atoms. The number of aryl methyl sites for hydroxylation is 1. The molecule has 7 nitrogen and oxygen atoms in total. The van der Waals surface area contributed by atoms with E-state index >= 15 is 0 Å². The number of hydrogen-bond donors (Lipinski definition) is 1. The molecule has 1 aliphatic rings. The number of nitro benzene ring substituents is 1. The van der Waals surface area contributed by atoms with Gasteiger partial charge in [-0.25, -0.2) is 9.29 Å². The van der Waals surface area contributed by atoms with E-state index in [0.29, 0.717) is 11.3 Å². The van der Waals surface area contributed by atoms with Crippen molar-refractivity contribution < 1.29 is 18.9 Å². The molecule has 0 bridgehead atoms. The number of non-ortho nitro benzene ring substituents is 1. The van der Waals surface area contributed by atoms with E-state index in [-0.39, 0.29) is 22.6 Å². The molecule has 3 aromatic rings. The van der Waals surface area contributed by atoms with E-state index in [0.717, 1.165) is 22.1 Å². The third-order valence-electron chi connectivity index (χ3n) is 5.41. The van der Waals surface area contributed by atoms with Gasteiger partial charge in [0.25, 0.3) is 17.5 Å². The van der Waals surface area contributed by atoms with E-state index in [1.165, 1.54) is 42.5 Å². The van der Waals surface area contributed by atoms with Crippen LogP contribution in [0.15, 0.2) is 72.4 Å². The van der Waals surface area contributed by atoms with Crippen molar-refractivity contribution in [2.24, 2.45) is 0 Å². The third kappa shape index (κ3) is 3.51. The molecule has 0 aliphatic carbocycles. The van der Waals surface area contributed by atoms with E-state index in [2.05, 4.69) is 5.32 Å². The fourth-order valence-electron chi connectivity index (χ4n) is 3.54. The molecule has 0 fully saturated rings. The second-order valence-electron chi connectivity index (χ2n) is 7.32. The van der Waals surface area contributed by atoms with E-state index in [4.69, 9.17) is 0 Å². The molecule has 1 heterocycles. The van der Waals surface area contributed by atoms with Crippen LogP contribution in [-0.4, -0.2) is 16.7 Å². The lowest BCUT2D eigenvalue weighted by atomic mass is 10.0. The zero-order valence-corrected chi connectivity index (χ0v) is 17.3. The molecule has 4 rings (SSSR count). The van der Waals surface area contributed by atoms with E-state index in [1.807, 2.05) is 26.0 Å². The van der Waals surface area contributed by atoms with Gasteiger partial charge < -0.3 is 5.32 Å². The van der Waals surface area contributed by atoms with Crippen LogP contribution in [0.2, 0.25) is 0 Å². The molecule has 0 unspecified atom stereocenters. The Morgan fingerprint density at radius 1 is 0.906 bits per heavy atom. The topological polar surface area (TPSA) is 92.6 Å². The molecular formula is C24H18FN3O4. The lowest BCUT2D eigenvalue weighted by Gasteiger charge is -2.16. The summed E-state index contributed by atoms with van der Waals surface area (Å²) < 4.78 is 14.5. The van der Waals surface area contributed by atoms with Crippen LogP contribution in [0.25, 0.3) is 5.57 Å². The number of rotatable bonds is 5. The Bertz CT molecular complexity index is 1300. The molecule has 0 saturated carbocycles. The Kier molecular flexibility index (Phi) is 5.28. The number of carbonyl (C=O) groups is 2. The Labute approximate surface area is 182 Å². The molecule has 2 amide bonds. The Hall–Kier alpha value is -4.33. The number of anilines is 2. The highest BCUT2D eigenvalue weighted by atomic mass is 19.1. The number of carbonyl (C=O) groups excluding carboxylic acids is 2. The minimum atomic E-state index is -0.721. The Balaban J connectivity index is 1.86. The monoisotopic (exact) mass is 431 g/mol. The van der Waals surface area contributed by atoms with Gasteiger partial charge in [0.15, 0.2) is 0 Å². The van der Waals surface area contributed by atoms with Gasteiger partial charge in [-0.1, -0.05) is 24.3 Å². The summed E-state index contributed by atoms with van der Waals surface area (Å²) in [5.41, 5.74) is 2.45. The van der Waals surface area contributed by atoms with Crippen LogP contribution in [0.3, 0.4) is 0 Å². The fraction of sp³-hybridized carbons (Fsp3) is 0.0833. The molecule has 32 heavy (non-hydrogen) atoms.